The Morgan fingerprint density at radius 3 is 2.70 bits per heavy atom. The number of carbonyl (C=O) groups excluding carboxylic acids is 1. The minimum atomic E-state index is -0.0790. The summed E-state index contributed by atoms with van der Waals surface area (Å²) in [6, 6.07) is 18.8. The molecule has 248 valence electrons. The van der Waals surface area contributed by atoms with Gasteiger partial charge in [0, 0.05) is 57.3 Å². The third kappa shape index (κ3) is 9.59. The minimum absolute atomic E-state index is 0.0790. The number of carbonyl (C=O) groups is 1. The van der Waals surface area contributed by atoms with E-state index in [0.29, 0.717) is 63.2 Å². The molecule has 0 saturated carbocycles. The monoisotopic (exact) mass is 636 g/mol. The summed E-state index contributed by atoms with van der Waals surface area (Å²) in [5.74, 6) is 2.02. The molecular weight excluding hydrogens is 588 g/mol. The van der Waals surface area contributed by atoms with Gasteiger partial charge in [-0.2, -0.15) is 0 Å². The molecule has 0 atom stereocenters. The number of amides is 1. The Morgan fingerprint density at radius 1 is 1.02 bits per heavy atom. The number of nitrogens with one attached hydrogen (secondary N) is 1. The Morgan fingerprint density at radius 2 is 1.89 bits per heavy atom. The number of hydrogen-bond acceptors (Lipinski definition) is 8. The first kappa shape index (κ1) is 34.0. The number of rotatable bonds is 10. The predicted molar refractivity (Wildman–Crippen MR) is 187 cm³/mol. The van der Waals surface area contributed by atoms with Crippen LogP contribution >= 0.6 is 0 Å². The van der Waals surface area contributed by atoms with Crippen molar-refractivity contribution in [3.8, 4) is 16.9 Å². The van der Waals surface area contributed by atoms with Gasteiger partial charge in [-0.15, -0.1) is 0 Å². The largest absolute Gasteiger partial charge is 0.491 e. The van der Waals surface area contributed by atoms with Crippen LogP contribution in [0.3, 0.4) is 0 Å². The Bertz CT molecular complexity index is 1600. The molecule has 1 aliphatic rings. The molecule has 2 bridgehead atoms. The van der Waals surface area contributed by atoms with E-state index in [4.69, 9.17) is 14.5 Å². The summed E-state index contributed by atoms with van der Waals surface area (Å²) in [5.41, 5.74) is 6.80. The lowest BCUT2D eigenvalue weighted by molar-refractivity contribution is 0.0569. The number of aryl methyl sites for hydroxylation is 1. The Labute approximate surface area is 279 Å². The summed E-state index contributed by atoms with van der Waals surface area (Å²) in [7, 11) is 3.96. The molecule has 0 radical (unpaired) electrons. The van der Waals surface area contributed by atoms with Crippen LogP contribution in [0.1, 0.15) is 59.4 Å². The van der Waals surface area contributed by atoms with Crippen LogP contribution in [0.2, 0.25) is 0 Å². The van der Waals surface area contributed by atoms with E-state index in [1.807, 2.05) is 37.3 Å². The van der Waals surface area contributed by atoms with Gasteiger partial charge in [0.25, 0.3) is 5.91 Å². The molecule has 4 aromatic rings. The van der Waals surface area contributed by atoms with Crippen molar-refractivity contribution in [2.75, 3.05) is 58.5 Å². The van der Waals surface area contributed by atoms with Gasteiger partial charge in [-0.25, -0.2) is 9.97 Å². The quantitative estimate of drug-likeness (QED) is 0.218. The molecule has 9 heteroatoms. The van der Waals surface area contributed by atoms with E-state index in [0.717, 1.165) is 65.2 Å². The highest BCUT2D eigenvalue weighted by atomic mass is 16.5. The van der Waals surface area contributed by atoms with Crippen LogP contribution in [0, 0.1) is 5.92 Å². The number of nitrogens with zero attached hydrogens (tertiary/aromatic N) is 5. The van der Waals surface area contributed by atoms with Crippen LogP contribution in [-0.2, 0) is 24.1 Å². The first-order chi connectivity index (χ1) is 22.9. The number of anilines is 1. The molecule has 0 saturated heterocycles. The maximum Gasteiger partial charge on any atom is 0.257 e. The molecule has 1 aliphatic heterocycles. The van der Waals surface area contributed by atoms with Crippen molar-refractivity contribution in [3.05, 3.63) is 101 Å². The third-order valence-corrected chi connectivity index (χ3v) is 8.40. The molecule has 0 spiro atoms. The number of fused-ring (bicyclic) bond motifs is 3. The summed E-state index contributed by atoms with van der Waals surface area (Å²) in [4.78, 5) is 32.1. The van der Waals surface area contributed by atoms with Crippen molar-refractivity contribution in [3.63, 3.8) is 0 Å². The van der Waals surface area contributed by atoms with Gasteiger partial charge in [-0.05, 0) is 79.2 Å². The van der Waals surface area contributed by atoms with Crippen molar-refractivity contribution >= 4 is 11.9 Å². The summed E-state index contributed by atoms with van der Waals surface area (Å²) in [6.45, 7) is 8.27. The van der Waals surface area contributed by atoms with Crippen molar-refractivity contribution in [1.82, 2.24) is 25.2 Å². The normalized spacial score (nSPS) is 13.9. The smallest absolute Gasteiger partial charge is 0.257 e. The fourth-order valence-corrected chi connectivity index (χ4v) is 5.70. The highest BCUT2D eigenvalue weighted by Crippen LogP contribution is 2.29. The summed E-state index contributed by atoms with van der Waals surface area (Å²) in [5, 5.41) is 3.21. The average Bonchev–Trinajstić information content (AvgIpc) is 3.08. The van der Waals surface area contributed by atoms with E-state index in [1.54, 1.807) is 12.4 Å². The Balaban J connectivity index is 1.41. The molecular formula is C38H48N6O3. The molecule has 3 heterocycles. The third-order valence-electron chi connectivity index (χ3n) is 8.40. The van der Waals surface area contributed by atoms with E-state index >= 15 is 0 Å². The van der Waals surface area contributed by atoms with Crippen LogP contribution in [0.4, 0.5) is 5.95 Å². The highest BCUT2D eigenvalue weighted by Gasteiger charge is 2.23. The molecule has 2 aromatic heterocycles. The lowest BCUT2D eigenvalue weighted by atomic mass is 9.98. The molecule has 47 heavy (non-hydrogen) atoms. The van der Waals surface area contributed by atoms with Crippen molar-refractivity contribution in [1.29, 1.82) is 0 Å². The highest BCUT2D eigenvalue weighted by molar-refractivity contribution is 5.95. The van der Waals surface area contributed by atoms with E-state index in [1.165, 1.54) is 0 Å². The van der Waals surface area contributed by atoms with Gasteiger partial charge < -0.3 is 24.6 Å². The van der Waals surface area contributed by atoms with E-state index < -0.39 is 0 Å². The predicted octanol–water partition coefficient (Wildman–Crippen LogP) is 5.82. The van der Waals surface area contributed by atoms with Gasteiger partial charge in [0.05, 0.1) is 24.5 Å². The van der Waals surface area contributed by atoms with Crippen LogP contribution in [-0.4, -0.2) is 79.3 Å². The zero-order chi connectivity index (χ0) is 33.0. The van der Waals surface area contributed by atoms with Crippen LogP contribution in [0.25, 0.3) is 11.1 Å². The van der Waals surface area contributed by atoms with Crippen LogP contribution in [0.15, 0.2) is 73.2 Å². The molecule has 1 N–H and O–H groups in total. The molecule has 5 rings (SSSR count). The SMILES string of the molecule is CNCCCc1nc(N(C)CCC(C)C)ncc1C(=O)N1CCOCCOc2ccc(-c3cccnc3)cc2Cc2cccc(c2)C1. The second-order valence-electron chi connectivity index (χ2n) is 12.6. The summed E-state index contributed by atoms with van der Waals surface area (Å²) < 4.78 is 12.2. The van der Waals surface area contributed by atoms with Crippen molar-refractivity contribution < 1.29 is 14.3 Å². The minimum Gasteiger partial charge on any atom is -0.491 e. The molecule has 0 unspecified atom stereocenters. The molecule has 1 amide bonds. The van der Waals surface area contributed by atoms with E-state index in [-0.39, 0.29) is 5.91 Å². The zero-order valence-corrected chi connectivity index (χ0v) is 28.2. The number of aromatic nitrogens is 3. The summed E-state index contributed by atoms with van der Waals surface area (Å²) in [6.07, 6.45) is 8.68. The zero-order valence-electron chi connectivity index (χ0n) is 28.2. The first-order valence-electron chi connectivity index (χ1n) is 16.7. The van der Waals surface area contributed by atoms with Crippen LogP contribution < -0.4 is 15.0 Å². The van der Waals surface area contributed by atoms with E-state index in [2.05, 4.69) is 76.5 Å². The Hall–Kier alpha value is -4.34. The van der Waals surface area contributed by atoms with Gasteiger partial charge in [-0.3, -0.25) is 9.78 Å². The van der Waals surface area contributed by atoms with Gasteiger partial charge >= 0.3 is 0 Å². The topological polar surface area (TPSA) is 92.7 Å². The maximum absolute atomic E-state index is 14.3. The lowest BCUT2D eigenvalue weighted by Crippen LogP contribution is -2.35. The fraction of sp³-hybridized carbons (Fsp3) is 0.421. The van der Waals surface area contributed by atoms with Gasteiger partial charge in [-0.1, -0.05) is 50.2 Å². The lowest BCUT2D eigenvalue weighted by Gasteiger charge is -2.25. The van der Waals surface area contributed by atoms with Gasteiger partial charge in [0.1, 0.15) is 12.4 Å². The Kier molecular flexibility index (Phi) is 12.3. The van der Waals surface area contributed by atoms with Crippen molar-refractivity contribution in [2.24, 2.45) is 5.92 Å². The van der Waals surface area contributed by atoms with Gasteiger partial charge in [0.15, 0.2) is 0 Å². The maximum atomic E-state index is 14.3. The first-order valence-corrected chi connectivity index (χ1v) is 16.7. The van der Waals surface area contributed by atoms with Gasteiger partial charge in [0.2, 0.25) is 5.95 Å². The number of ether oxygens (including phenoxy) is 2. The molecule has 9 nitrogen and oxygen atoms in total. The van der Waals surface area contributed by atoms with Crippen LogP contribution in [0.5, 0.6) is 5.75 Å². The molecule has 0 aliphatic carbocycles. The fourth-order valence-electron chi connectivity index (χ4n) is 5.70. The van der Waals surface area contributed by atoms with Crippen molar-refractivity contribution in [2.45, 2.75) is 46.1 Å². The second kappa shape index (κ2) is 17.0. The number of pyridine rings is 1. The number of benzene rings is 2. The number of hydrogen-bond donors (Lipinski definition) is 1. The second-order valence-corrected chi connectivity index (χ2v) is 12.6. The summed E-state index contributed by atoms with van der Waals surface area (Å²) >= 11 is 0. The molecule has 0 fully saturated rings. The van der Waals surface area contributed by atoms with E-state index in [9.17, 15) is 4.79 Å². The average molecular weight is 637 g/mol. The standard InChI is InChI=1S/C38H48N6O3/c1-28(2)14-17-43(4)38-41-26-34(35(42-38)11-7-15-39-3)37(45)44-18-19-46-20-21-47-36-13-12-31(32-10-6-16-40-25-32)24-33(36)23-29-8-5-9-30(22-29)27-44/h5-6,8-10,12-13,16,22,24-26,28,39H,7,11,14-15,17-21,23,27H2,1-4H3. The molecule has 2 aromatic carbocycles.